The molecule has 1 heterocycles. The molecule has 0 bridgehead atoms. The van der Waals surface area contributed by atoms with Crippen LogP contribution in [0.5, 0.6) is 5.75 Å². The lowest BCUT2D eigenvalue weighted by Crippen LogP contribution is -2.26. The van der Waals surface area contributed by atoms with Crippen molar-refractivity contribution in [2.75, 3.05) is 11.9 Å². The molecule has 4 aromatic rings. The highest BCUT2D eigenvalue weighted by atomic mass is 16.5. The number of nitrogens with zero attached hydrogens (tertiary/aromatic N) is 2. The molecule has 0 aliphatic rings. The number of ether oxygens (including phenoxy) is 1. The maximum Gasteiger partial charge on any atom is 0.251 e. The van der Waals surface area contributed by atoms with Gasteiger partial charge in [0.1, 0.15) is 18.1 Å². The van der Waals surface area contributed by atoms with Crippen molar-refractivity contribution in [1.29, 1.82) is 0 Å². The predicted molar refractivity (Wildman–Crippen MR) is 128 cm³/mol. The van der Waals surface area contributed by atoms with Gasteiger partial charge in [0.15, 0.2) is 0 Å². The minimum Gasteiger partial charge on any atom is -0.494 e. The Kier molecular flexibility index (Phi) is 6.69. The second-order valence-electron chi connectivity index (χ2n) is 7.66. The molecule has 0 fully saturated rings. The molecule has 2 amide bonds. The van der Waals surface area contributed by atoms with E-state index in [-0.39, 0.29) is 24.9 Å². The molecule has 0 radical (unpaired) electrons. The summed E-state index contributed by atoms with van der Waals surface area (Å²) < 4.78 is 7.27. The number of hydrogen-bond acceptors (Lipinski definition) is 4. The summed E-state index contributed by atoms with van der Waals surface area (Å²) in [5.41, 5.74) is 3.89. The van der Waals surface area contributed by atoms with Gasteiger partial charge in [0.05, 0.1) is 24.2 Å². The largest absolute Gasteiger partial charge is 0.494 e. The summed E-state index contributed by atoms with van der Waals surface area (Å²) in [4.78, 5) is 30.0. The fourth-order valence-corrected chi connectivity index (χ4v) is 3.63. The molecule has 0 spiro atoms. The molecule has 0 aliphatic heterocycles. The minimum atomic E-state index is -0.187. The number of carbonyl (C=O) groups excluding carboxylic acids is 2. The van der Waals surface area contributed by atoms with E-state index in [1.807, 2.05) is 73.0 Å². The Hall–Kier alpha value is -4.13. The van der Waals surface area contributed by atoms with Crippen LogP contribution in [0.1, 0.15) is 28.7 Å². The Balaban J connectivity index is 1.49. The minimum absolute atomic E-state index is 0.0728. The van der Waals surface area contributed by atoms with Crippen molar-refractivity contribution in [3.63, 3.8) is 0 Å². The van der Waals surface area contributed by atoms with Crippen LogP contribution in [0.3, 0.4) is 0 Å². The van der Waals surface area contributed by atoms with Crippen LogP contribution >= 0.6 is 0 Å². The van der Waals surface area contributed by atoms with E-state index in [0.29, 0.717) is 23.7 Å². The first-order valence-corrected chi connectivity index (χ1v) is 10.8. The van der Waals surface area contributed by atoms with Gasteiger partial charge in [0.2, 0.25) is 5.91 Å². The number of carbonyl (C=O) groups is 2. The summed E-state index contributed by atoms with van der Waals surface area (Å²) in [5, 5.41) is 5.83. The molecular weight excluding hydrogens is 416 g/mol. The second-order valence-corrected chi connectivity index (χ2v) is 7.66. The van der Waals surface area contributed by atoms with E-state index in [9.17, 15) is 9.59 Å². The van der Waals surface area contributed by atoms with Crippen molar-refractivity contribution in [2.45, 2.75) is 26.9 Å². The lowest BCUT2D eigenvalue weighted by molar-refractivity contribution is -0.116. The van der Waals surface area contributed by atoms with E-state index < -0.39 is 0 Å². The Morgan fingerprint density at radius 2 is 1.79 bits per heavy atom. The number of fused-ring (bicyclic) bond motifs is 1. The van der Waals surface area contributed by atoms with Gasteiger partial charge < -0.3 is 19.9 Å². The number of amides is 2. The maximum absolute atomic E-state index is 12.8. The maximum atomic E-state index is 12.8. The lowest BCUT2D eigenvalue weighted by Gasteiger charge is -2.11. The molecule has 7 heteroatoms. The van der Waals surface area contributed by atoms with Crippen LogP contribution in [0.25, 0.3) is 11.0 Å². The van der Waals surface area contributed by atoms with Crippen LogP contribution in [-0.2, 0) is 17.9 Å². The van der Waals surface area contributed by atoms with Crippen molar-refractivity contribution >= 4 is 28.5 Å². The van der Waals surface area contributed by atoms with Crippen LogP contribution in [0.2, 0.25) is 0 Å². The zero-order valence-corrected chi connectivity index (χ0v) is 18.7. The Morgan fingerprint density at radius 3 is 2.55 bits per heavy atom. The normalized spacial score (nSPS) is 10.7. The number of nitrogens with one attached hydrogen (secondary N) is 2. The van der Waals surface area contributed by atoms with Crippen LogP contribution in [0, 0.1) is 6.92 Å². The van der Waals surface area contributed by atoms with Crippen LogP contribution in [0.15, 0.2) is 72.8 Å². The number of para-hydroxylation sites is 2. The molecule has 0 saturated carbocycles. The highest BCUT2D eigenvalue weighted by Crippen LogP contribution is 2.18. The fraction of sp³-hybridized carbons (Fsp3) is 0.192. The fourth-order valence-electron chi connectivity index (χ4n) is 3.63. The van der Waals surface area contributed by atoms with Gasteiger partial charge in [-0.15, -0.1) is 0 Å². The van der Waals surface area contributed by atoms with Crippen molar-refractivity contribution in [3.05, 3.63) is 89.7 Å². The Labute approximate surface area is 192 Å². The zero-order chi connectivity index (χ0) is 23.2. The van der Waals surface area contributed by atoms with Gasteiger partial charge in [0.25, 0.3) is 5.91 Å². The Bertz CT molecular complexity index is 1280. The molecule has 4 rings (SSSR count). The average molecular weight is 443 g/mol. The highest BCUT2D eigenvalue weighted by molar-refractivity contribution is 5.94. The molecule has 0 aliphatic carbocycles. The van der Waals surface area contributed by atoms with E-state index in [0.717, 1.165) is 22.3 Å². The summed E-state index contributed by atoms with van der Waals surface area (Å²) in [6.07, 6.45) is 0. The monoisotopic (exact) mass is 442 g/mol. The van der Waals surface area contributed by atoms with Crippen molar-refractivity contribution < 1.29 is 14.3 Å². The molecule has 0 unspecified atom stereocenters. The molecule has 1 aromatic heterocycles. The number of anilines is 1. The number of hydrogen-bond donors (Lipinski definition) is 2. The first kappa shape index (κ1) is 22.1. The number of rotatable bonds is 8. The van der Waals surface area contributed by atoms with Gasteiger partial charge in [-0.05, 0) is 62.4 Å². The standard InChI is InChI=1S/C26H26N4O3/c1-3-33-21-13-11-20(12-14-21)28-25(31)17-30-23-10-5-4-9-22(23)29-24(30)16-27-26(32)19-8-6-7-18(2)15-19/h4-15H,3,16-17H2,1-2H3,(H,27,32)(H,28,31). The average Bonchev–Trinajstić information content (AvgIpc) is 3.16. The third kappa shape index (κ3) is 5.38. The van der Waals surface area contributed by atoms with E-state index in [1.165, 1.54) is 0 Å². The number of aryl methyl sites for hydroxylation is 1. The first-order chi connectivity index (χ1) is 16.0. The molecule has 3 aromatic carbocycles. The summed E-state index contributed by atoms with van der Waals surface area (Å²) in [7, 11) is 0. The predicted octanol–water partition coefficient (Wildman–Crippen LogP) is 4.31. The molecular formula is C26H26N4O3. The third-order valence-corrected chi connectivity index (χ3v) is 5.17. The second kappa shape index (κ2) is 9.99. The summed E-state index contributed by atoms with van der Waals surface area (Å²) in [6, 6.07) is 22.3. The van der Waals surface area contributed by atoms with E-state index in [2.05, 4.69) is 15.6 Å². The van der Waals surface area contributed by atoms with E-state index in [4.69, 9.17) is 4.74 Å². The first-order valence-electron chi connectivity index (χ1n) is 10.8. The van der Waals surface area contributed by atoms with Crippen LogP contribution < -0.4 is 15.4 Å². The molecule has 33 heavy (non-hydrogen) atoms. The number of benzene rings is 3. The van der Waals surface area contributed by atoms with Gasteiger partial charge in [-0.3, -0.25) is 9.59 Å². The Morgan fingerprint density at radius 1 is 1.00 bits per heavy atom. The third-order valence-electron chi connectivity index (χ3n) is 5.17. The summed E-state index contributed by atoms with van der Waals surface area (Å²) >= 11 is 0. The van der Waals surface area contributed by atoms with Gasteiger partial charge in [-0.25, -0.2) is 4.98 Å². The van der Waals surface area contributed by atoms with Gasteiger partial charge in [0, 0.05) is 11.3 Å². The molecule has 168 valence electrons. The number of imidazole rings is 1. The lowest BCUT2D eigenvalue weighted by atomic mass is 10.1. The van der Waals surface area contributed by atoms with Crippen LogP contribution in [0.4, 0.5) is 5.69 Å². The van der Waals surface area contributed by atoms with Crippen LogP contribution in [-0.4, -0.2) is 28.0 Å². The summed E-state index contributed by atoms with van der Waals surface area (Å²) in [6.45, 7) is 4.73. The highest BCUT2D eigenvalue weighted by Gasteiger charge is 2.15. The van der Waals surface area contributed by atoms with E-state index in [1.54, 1.807) is 18.2 Å². The van der Waals surface area contributed by atoms with Crippen molar-refractivity contribution in [3.8, 4) is 5.75 Å². The molecule has 0 saturated heterocycles. The van der Waals surface area contributed by atoms with Gasteiger partial charge >= 0.3 is 0 Å². The zero-order valence-electron chi connectivity index (χ0n) is 18.7. The van der Waals surface area contributed by atoms with Gasteiger partial charge in [-0.1, -0.05) is 29.8 Å². The topological polar surface area (TPSA) is 85.2 Å². The summed E-state index contributed by atoms with van der Waals surface area (Å²) in [5.74, 6) is 0.992. The van der Waals surface area contributed by atoms with Crippen molar-refractivity contribution in [1.82, 2.24) is 14.9 Å². The molecule has 0 atom stereocenters. The van der Waals surface area contributed by atoms with E-state index >= 15 is 0 Å². The van der Waals surface area contributed by atoms with Crippen molar-refractivity contribution in [2.24, 2.45) is 0 Å². The smallest absolute Gasteiger partial charge is 0.251 e. The molecule has 2 N–H and O–H groups in total. The van der Waals surface area contributed by atoms with Gasteiger partial charge in [-0.2, -0.15) is 0 Å². The quantitative estimate of drug-likeness (QED) is 0.426. The number of aromatic nitrogens is 2. The SMILES string of the molecule is CCOc1ccc(NC(=O)Cn2c(CNC(=O)c3cccc(C)c3)nc3ccccc32)cc1. The molecule has 7 nitrogen and oxygen atoms in total.